The molecule has 0 spiro atoms. The first-order valence-electron chi connectivity index (χ1n) is 41.2. The zero-order valence-electron chi connectivity index (χ0n) is 66.2. The van der Waals surface area contributed by atoms with Gasteiger partial charge in [0.1, 0.15) is 0 Å². The van der Waals surface area contributed by atoms with Crippen LogP contribution in [0.4, 0.5) is 0 Å². The molecule has 21 aromatic rings. The van der Waals surface area contributed by atoms with Crippen molar-refractivity contribution in [3.8, 4) is 89.0 Å². The fourth-order valence-electron chi connectivity index (χ4n) is 17.6. The Morgan fingerprint density at radius 1 is 0.121 bits per heavy atom. The van der Waals surface area contributed by atoms with E-state index in [-0.39, 0.29) is 0 Å². The summed E-state index contributed by atoms with van der Waals surface area (Å²) in [5, 5.41) is 23.6. The molecule has 0 saturated heterocycles. The first kappa shape index (κ1) is 73.4. The maximum atomic E-state index is 2.39. The highest BCUT2D eigenvalue weighted by Gasteiger charge is 2.17. The van der Waals surface area contributed by atoms with Gasteiger partial charge in [0.2, 0.25) is 0 Å². The molecule has 21 rings (SSSR count). The molecule has 0 heteroatoms. The average Bonchev–Trinajstić information content (AvgIpc) is 0.564. The van der Waals surface area contributed by atoms with Gasteiger partial charge in [0.15, 0.2) is 0 Å². The van der Waals surface area contributed by atoms with Gasteiger partial charge in [-0.25, -0.2) is 0 Å². The van der Waals surface area contributed by atoms with Crippen LogP contribution in [0.5, 0.6) is 0 Å². The van der Waals surface area contributed by atoms with Crippen LogP contribution in [0.3, 0.4) is 0 Å². The van der Waals surface area contributed by atoms with Crippen molar-refractivity contribution in [1.82, 2.24) is 0 Å². The first-order valence-corrected chi connectivity index (χ1v) is 41.2. The summed E-state index contributed by atoms with van der Waals surface area (Å²) < 4.78 is 0. The first-order chi connectivity index (χ1) is 57.3. The van der Waals surface area contributed by atoms with Gasteiger partial charge < -0.3 is 0 Å². The summed E-state index contributed by atoms with van der Waals surface area (Å²) >= 11 is 0. The van der Waals surface area contributed by atoms with Crippen molar-refractivity contribution in [2.75, 3.05) is 0 Å². The van der Waals surface area contributed by atoms with Crippen molar-refractivity contribution in [3.63, 3.8) is 0 Å². The van der Waals surface area contributed by atoms with E-state index in [1.54, 1.807) is 0 Å². The lowest BCUT2D eigenvalue weighted by molar-refractivity contribution is 1.16. The van der Waals surface area contributed by atoms with E-state index in [1.807, 2.05) is 0 Å². The van der Waals surface area contributed by atoms with Crippen molar-refractivity contribution >= 4 is 97.0 Å². The van der Waals surface area contributed by atoms with Crippen LogP contribution in [0.25, 0.3) is 186 Å². The molecule has 0 N–H and O–H groups in total. The summed E-state index contributed by atoms with van der Waals surface area (Å²) in [6.45, 7) is 8.96. The fourth-order valence-corrected chi connectivity index (χ4v) is 17.6. The van der Waals surface area contributed by atoms with Gasteiger partial charge in [0.25, 0.3) is 0 Å². The normalized spacial score (nSPS) is 11.2. The number of aryl methyl sites for hydroxylation is 4. The van der Waals surface area contributed by atoms with E-state index >= 15 is 0 Å². The molecule has 21 aromatic carbocycles. The number of rotatable bonds is 12. The van der Waals surface area contributed by atoms with Gasteiger partial charge in [-0.1, -0.05) is 416 Å². The Morgan fingerprint density at radius 3 is 0.776 bits per heavy atom. The molecule has 0 atom stereocenters. The Morgan fingerprint density at radius 2 is 0.362 bits per heavy atom. The number of benzene rings is 21. The molecule has 0 aliphatic carbocycles. The van der Waals surface area contributed by atoms with Crippen LogP contribution in [0.2, 0.25) is 0 Å². The minimum Gasteiger partial charge on any atom is -0.0622 e. The smallest absolute Gasteiger partial charge is 0.00990 e. The summed E-state index contributed by atoms with van der Waals surface area (Å²) in [5.41, 5.74) is 26.2. The van der Waals surface area contributed by atoms with Crippen molar-refractivity contribution in [3.05, 3.63) is 447 Å². The predicted molar refractivity (Wildman–Crippen MR) is 504 cm³/mol. The van der Waals surface area contributed by atoms with E-state index < -0.39 is 0 Å². The van der Waals surface area contributed by atoms with E-state index in [4.69, 9.17) is 0 Å². The lowest BCUT2D eigenvalue weighted by atomic mass is 9.89. The van der Waals surface area contributed by atoms with Crippen LogP contribution in [0.1, 0.15) is 49.9 Å². The molecule has 0 heterocycles. The topological polar surface area (TPSA) is 0 Å². The fraction of sp³-hybridized carbons (Fsp3) is 0.0690. The lowest BCUT2D eigenvalue weighted by Gasteiger charge is -2.15. The third-order valence-corrected chi connectivity index (χ3v) is 23.7. The lowest BCUT2D eigenvalue weighted by Crippen LogP contribution is -1.90. The van der Waals surface area contributed by atoms with Crippen LogP contribution < -0.4 is 0 Å². The van der Waals surface area contributed by atoms with Crippen LogP contribution in [0, 0.1) is 0 Å². The zero-order chi connectivity index (χ0) is 78.3. The van der Waals surface area contributed by atoms with E-state index in [0.29, 0.717) is 0 Å². The molecule has 0 unspecified atom stereocenters. The SMILES string of the molecule is CCc1ccc(-c2ccc3ccccc3c2)c2ccc(-c3ccc4ccccc4c3)cc12.CCc1ccc(-c2cccc3ccccc23)c2ccc(-c3cccc4ccccc34)cc12.CCc1ccc(-c2ccccc2)c2ccc(-c3cccc4ccccc34)cc12.CCc1ccc(-c2ccccc2)c2ccc(-c3ccccc3)cc12. The van der Waals surface area contributed by atoms with E-state index in [1.165, 1.54) is 208 Å². The molecule has 0 aliphatic rings. The number of fused-ring (bicyclic) bond motifs is 9. The third-order valence-electron chi connectivity index (χ3n) is 23.7. The van der Waals surface area contributed by atoms with Gasteiger partial charge in [-0.05, 0) is 270 Å². The van der Waals surface area contributed by atoms with Crippen LogP contribution in [-0.2, 0) is 25.7 Å². The minimum absolute atomic E-state index is 1.02. The largest absolute Gasteiger partial charge is 0.0622 e. The van der Waals surface area contributed by atoms with E-state index in [9.17, 15) is 0 Å². The second-order valence-electron chi connectivity index (χ2n) is 30.3. The standard InChI is InChI=1S/2C32H24.C28H22.C24H20/c1-2-22-17-19-30(29-16-8-12-24-10-4-6-14-27(24)29)31-20-18-25(21-32(22)31)28-15-7-11-23-9-3-5-13-26(23)28;1-2-22-15-17-30(29-14-12-24-8-4-6-10-26(24)20-29)31-18-16-28(21-32(22)31)27-13-11-23-7-3-5-9-25(23)19-27;1-2-20-15-17-26(21-9-4-3-5-10-21)27-18-16-23(19-28(20)27)25-14-8-12-22-11-6-7-13-24(22)25;1-2-18-13-15-22(20-11-7-4-8-12-20)23-16-14-21(17-24(18)23)19-9-5-3-6-10-19/h2*3-21H,2H2,1H3;3-19H,2H2,1H3;3-17H,2H2,1H3. The molecule has 0 nitrogen and oxygen atoms in total. The highest BCUT2D eigenvalue weighted by Crippen LogP contribution is 2.43. The van der Waals surface area contributed by atoms with Crippen LogP contribution >= 0.6 is 0 Å². The molecular formula is C116H90. The van der Waals surface area contributed by atoms with Gasteiger partial charge in [-0.3, -0.25) is 0 Å². The quantitative estimate of drug-likeness (QED) is 0.114. The van der Waals surface area contributed by atoms with Crippen molar-refractivity contribution in [2.45, 2.75) is 53.4 Å². The van der Waals surface area contributed by atoms with E-state index in [2.05, 4.69) is 452 Å². The number of hydrogen-bond acceptors (Lipinski definition) is 0. The van der Waals surface area contributed by atoms with Gasteiger partial charge in [-0.2, -0.15) is 0 Å². The molecule has 0 fully saturated rings. The summed E-state index contributed by atoms with van der Waals surface area (Å²) in [6, 6.07) is 154. The molecule has 554 valence electrons. The Bertz CT molecular complexity index is 7150. The summed E-state index contributed by atoms with van der Waals surface area (Å²) in [4.78, 5) is 0. The Balaban J connectivity index is 0.000000108. The molecule has 0 bridgehead atoms. The Hall–Kier alpha value is -14.0. The van der Waals surface area contributed by atoms with Crippen molar-refractivity contribution < 1.29 is 0 Å². The van der Waals surface area contributed by atoms with Crippen LogP contribution in [-0.4, -0.2) is 0 Å². The molecular weight excluding hydrogens is 1390 g/mol. The summed E-state index contributed by atoms with van der Waals surface area (Å²) in [7, 11) is 0. The predicted octanol–water partition coefficient (Wildman–Crippen LogP) is 32.7. The monoisotopic (exact) mass is 1480 g/mol. The molecule has 0 amide bonds. The number of hydrogen-bond donors (Lipinski definition) is 0. The van der Waals surface area contributed by atoms with Gasteiger partial charge >= 0.3 is 0 Å². The minimum atomic E-state index is 1.02. The second-order valence-corrected chi connectivity index (χ2v) is 30.3. The van der Waals surface area contributed by atoms with Crippen molar-refractivity contribution in [1.29, 1.82) is 0 Å². The average molecular weight is 1480 g/mol. The molecule has 0 saturated carbocycles. The molecule has 0 aromatic heterocycles. The third kappa shape index (κ3) is 14.8. The van der Waals surface area contributed by atoms with Gasteiger partial charge in [0, 0.05) is 0 Å². The zero-order valence-corrected chi connectivity index (χ0v) is 66.2. The van der Waals surface area contributed by atoms with Gasteiger partial charge in [-0.15, -0.1) is 0 Å². The molecule has 0 aliphatic heterocycles. The summed E-state index contributed by atoms with van der Waals surface area (Å²) in [5.74, 6) is 0. The highest BCUT2D eigenvalue weighted by molar-refractivity contribution is 6.10. The Kier molecular flexibility index (Phi) is 21.1. The van der Waals surface area contributed by atoms with Crippen molar-refractivity contribution in [2.24, 2.45) is 0 Å². The highest BCUT2D eigenvalue weighted by atomic mass is 14.2. The maximum Gasteiger partial charge on any atom is -0.00990 e. The second kappa shape index (κ2) is 33.3. The maximum absolute atomic E-state index is 2.39. The van der Waals surface area contributed by atoms with E-state index in [0.717, 1.165) is 25.7 Å². The summed E-state index contributed by atoms with van der Waals surface area (Å²) in [6.07, 6.45) is 4.12. The molecule has 116 heavy (non-hydrogen) atoms. The van der Waals surface area contributed by atoms with Crippen LogP contribution in [0.15, 0.2) is 425 Å². The van der Waals surface area contributed by atoms with Gasteiger partial charge in [0.05, 0.1) is 0 Å². The Labute approximate surface area is 681 Å². The molecule has 0 radical (unpaired) electrons.